The number of benzene rings is 4. The third-order valence-corrected chi connectivity index (χ3v) is 6.15. The van der Waals surface area contributed by atoms with Gasteiger partial charge in [-0.3, -0.25) is 9.59 Å². The van der Waals surface area contributed by atoms with Crippen LogP contribution in [0, 0.1) is 24.7 Å². The number of carboxylic acid groups (broad SMARTS) is 2. The molecule has 4 rings (SSSR count). The number of aromatic carboxylic acids is 2. The summed E-state index contributed by atoms with van der Waals surface area (Å²) in [6, 6.07) is 22.5. The highest BCUT2D eigenvalue weighted by Gasteiger charge is 2.18. The van der Waals surface area contributed by atoms with Gasteiger partial charge in [-0.15, -0.1) is 12.8 Å². The molecule has 0 bridgehead atoms. The molecule has 0 spiro atoms. The van der Waals surface area contributed by atoms with Crippen molar-refractivity contribution in [3.05, 3.63) is 129 Å². The lowest BCUT2D eigenvalue weighted by molar-refractivity contribution is 0.0683. The number of nitrogens with one attached hydrogen (secondary N) is 2. The molecular weight excluding hydrogens is 520 g/mol. The van der Waals surface area contributed by atoms with Crippen LogP contribution >= 0.6 is 0 Å². The topological polar surface area (TPSA) is 133 Å². The van der Waals surface area contributed by atoms with Crippen LogP contribution in [0.4, 0.5) is 11.4 Å². The van der Waals surface area contributed by atoms with E-state index in [2.05, 4.69) is 22.5 Å². The standard InChI is InChI=1S/C33H22N2O6/c1-3-20-9-15-26(28(18-20)32(38)39)30(36)34-24-11-5-22(6-12-24)17-23-7-13-25(14-8-23)35-31(37)27-16-10-21(4-2)19-29(27)33(40)41/h1-2,5-16,18-19H,17H2,(H,34,36)(H,35,37)(H,38,39)(H,40,41). The Hall–Kier alpha value is -6.12. The van der Waals surface area contributed by atoms with Crippen LogP contribution < -0.4 is 10.6 Å². The molecule has 0 saturated heterocycles. The smallest absolute Gasteiger partial charge is 0.336 e. The Labute approximate surface area is 235 Å². The second-order valence-electron chi connectivity index (χ2n) is 8.90. The minimum absolute atomic E-state index is 0.00322. The van der Waals surface area contributed by atoms with Gasteiger partial charge in [-0.25, -0.2) is 9.59 Å². The number of carbonyl (C=O) groups is 4. The molecule has 0 aliphatic heterocycles. The lowest BCUT2D eigenvalue weighted by atomic mass is 10.0. The summed E-state index contributed by atoms with van der Waals surface area (Å²) in [4.78, 5) is 48.5. The van der Waals surface area contributed by atoms with Crippen LogP contribution in [0.5, 0.6) is 0 Å². The van der Waals surface area contributed by atoms with E-state index in [1.165, 1.54) is 36.4 Å². The van der Waals surface area contributed by atoms with Crippen molar-refractivity contribution < 1.29 is 29.4 Å². The number of hydrogen-bond acceptors (Lipinski definition) is 4. The minimum Gasteiger partial charge on any atom is -0.478 e. The zero-order valence-electron chi connectivity index (χ0n) is 21.5. The van der Waals surface area contributed by atoms with Gasteiger partial charge in [0, 0.05) is 22.5 Å². The van der Waals surface area contributed by atoms with Gasteiger partial charge in [-0.05, 0) is 78.2 Å². The van der Waals surface area contributed by atoms with E-state index in [0.29, 0.717) is 28.9 Å². The van der Waals surface area contributed by atoms with E-state index in [9.17, 15) is 29.4 Å². The fourth-order valence-corrected chi connectivity index (χ4v) is 4.06. The van der Waals surface area contributed by atoms with Crippen LogP contribution in [0.3, 0.4) is 0 Å². The number of rotatable bonds is 8. The molecule has 0 aromatic heterocycles. The van der Waals surface area contributed by atoms with E-state index in [1.807, 2.05) is 24.3 Å². The van der Waals surface area contributed by atoms with Crippen molar-refractivity contribution in [3.8, 4) is 24.7 Å². The van der Waals surface area contributed by atoms with E-state index < -0.39 is 23.8 Å². The van der Waals surface area contributed by atoms with Gasteiger partial charge in [-0.2, -0.15) is 0 Å². The normalized spacial score (nSPS) is 10.1. The number of carbonyl (C=O) groups excluding carboxylic acids is 2. The second-order valence-corrected chi connectivity index (χ2v) is 8.90. The lowest BCUT2D eigenvalue weighted by Gasteiger charge is -2.10. The van der Waals surface area contributed by atoms with Crippen molar-refractivity contribution in [3.63, 3.8) is 0 Å². The van der Waals surface area contributed by atoms with Crippen LogP contribution in [0.25, 0.3) is 0 Å². The lowest BCUT2D eigenvalue weighted by Crippen LogP contribution is -2.16. The quantitative estimate of drug-likeness (QED) is 0.228. The van der Waals surface area contributed by atoms with Crippen LogP contribution in [0.2, 0.25) is 0 Å². The van der Waals surface area contributed by atoms with E-state index in [4.69, 9.17) is 12.8 Å². The molecule has 8 heteroatoms. The fourth-order valence-electron chi connectivity index (χ4n) is 4.06. The van der Waals surface area contributed by atoms with Gasteiger partial charge in [-0.1, -0.05) is 36.1 Å². The molecule has 0 fully saturated rings. The Morgan fingerprint density at radius 1 is 0.561 bits per heavy atom. The molecule has 2 amide bonds. The minimum atomic E-state index is -1.25. The molecule has 0 atom stereocenters. The zero-order chi connectivity index (χ0) is 29.5. The van der Waals surface area contributed by atoms with Gasteiger partial charge < -0.3 is 20.8 Å². The van der Waals surface area contributed by atoms with Crippen LogP contribution in [0.1, 0.15) is 63.7 Å². The van der Waals surface area contributed by atoms with Crippen molar-refractivity contribution in [2.45, 2.75) is 6.42 Å². The predicted octanol–water partition coefficient (Wildman–Crippen LogP) is 5.14. The third kappa shape index (κ3) is 6.66. The Morgan fingerprint density at radius 3 is 1.24 bits per heavy atom. The highest BCUT2D eigenvalue weighted by atomic mass is 16.4. The fraction of sp³-hybridized carbons (Fsp3) is 0.0303. The first-order valence-electron chi connectivity index (χ1n) is 12.2. The van der Waals surface area contributed by atoms with Crippen LogP contribution in [-0.2, 0) is 6.42 Å². The average Bonchev–Trinajstić information content (AvgIpc) is 2.98. The summed E-state index contributed by atoms with van der Waals surface area (Å²) in [6.07, 6.45) is 11.2. The van der Waals surface area contributed by atoms with Crippen molar-refractivity contribution in [1.82, 2.24) is 0 Å². The number of terminal acetylenes is 2. The maximum atomic E-state index is 12.7. The molecule has 4 N–H and O–H groups in total. The van der Waals surface area contributed by atoms with Crippen LogP contribution in [0.15, 0.2) is 84.9 Å². The number of hydrogen-bond donors (Lipinski definition) is 4. The van der Waals surface area contributed by atoms with Gasteiger partial charge in [0.2, 0.25) is 0 Å². The largest absolute Gasteiger partial charge is 0.478 e. The Bertz CT molecular complexity index is 1630. The van der Waals surface area contributed by atoms with E-state index in [0.717, 1.165) is 11.1 Å². The summed E-state index contributed by atoms with van der Waals surface area (Å²) in [5, 5.41) is 24.3. The number of amides is 2. The van der Waals surface area contributed by atoms with Crippen molar-refractivity contribution in [2.24, 2.45) is 0 Å². The predicted molar refractivity (Wildman–Crippen MR) is 154 cm³/mol. The average molecular weight is 543 g/mol. The molecule has 0 saturated carbocycles. The SMILES string of the molecule is C#Cc1ccc(C(=O)Nc2ccc(Cc3ccc(NC(=O)c4ccc(C#C)cc4C(=O)O)cc3)cc2)c(C(=O)O)c1. The zero-order valence-corrected chi connectivity index (χ0v) is 21.5. The number of carboxylic acids is 2. The molecule has 4 aromatic carbocycles. The summed E-state index contributed by atoms with van der Waals surface area (Å²) in [5.74, 6) is 1.06. The molecule has 0 aliphatic rings. The number of anilines is 2. The Kier molecular flexibility index (Phi) is 8.28. The summed E-state index contributed by atoms with van der Waals surface area (Å²) >= 11 is 0. The van der Waals surface area contributed by atoms with Crippen molar-refractivity contribution in [2.75, 3.05) is 10.6 Å². The van der Waals surface area contributed by atoms with Gasteiger partial charge in [0.15, 0.2) is 0 Å². The highest BCUT2D eigenvalue weighted by molar-refractivity contribution is 6.11. The maximum Gasteiger partial charge on any atom is 0.336 e. The monoisotopic (exact) mass is 542 g/mol. The molecule has 0 aliphatic carbocycles. The first kappa shape index (κ1) is 27.9. The molecule has 4 aromatic rings. The van der Waals surface area contributed by atoms with Gasteiger partial charge in [0.05, 0.1) is 22.3 Å². The molecular formula is C33H22N2O6. The first-order chi connectivity index (χ1) is 19.7. The molecule has 0 radical (unpaired) electrons. The molecule has 8 nitrogen and oxygen atoms in total. The van der Waals surface area contributed by atoms with Gasteiger partial charge in [0.1, 0.15) is 0 Å². The third-order valence-electron chi connectivity index (χ3n) is 6.15. The van der Waals surface area contributed by atoms with Crippen molar-refractivity contribution >= 4 is 35.1 Å². The molecule has 41 heavy (non-hydrogen) atoms. The van der Waals surface area contributed by atoms with E-state index >= 15 is 0 Å². The molecule has 0 unspecified atom stereocenters. The Balaban J connectivity index is 1.39. The van der Waals surface area contributed by atoms with Gasteiger partial charge in [0.25, 0.3) is 11.8 Å². The van der Waals surface area contributed by atoms with Crippen LogP contribution in [-0.4, -0.2) is 34.0 Å². The van der Waals surface area contributed by atoms with Crippen molar-refractivity contribution in [1.29, 1.82) is 0 Å². The molecule has 200 valence electrons. The van der Waals surface area contributed by atoms with Gasteiger partial charge >= 0.3 is 11.9 Å². The summed E-state index contributed by atoms with van der Waals surface area (Å²) in [5.41, 5.74) is 3.23. The van der Waals surface area contributed by atoms with E-state index in [-0.39, 0.29) is 22.3 Å². The Morgan fingerprint density at radius 2 is 0.927 bits per heavy atom. The maximum absolute atomic E-state index is 12.7. The summed E-state index contributed by atoms with van der Waals surface area (Å²) in [7, 11) is 0. The second kappa shape index (κ2) is 12.2. The van der Waals surface area contributed by atoms with E-state index in [1.54, 1.807) is 24.3 Å². The highest BCUT2D eigenvalue weighted by Crippen LogP contribution is 2.20. The first-order valence-corrected chi connectivity index (χ1v) is 12.2. The summed E-state index contributed by atoms with van der Waals surface area (Å²) in [6.45, 7) is 0. The molecule has 0 heterocycles. The summed E-state index contributed by atoms with van der Waals surface area (Å²) < 4.78 is 0.